The Morgan fingerprint density at radius 1 is 1.35 bits per heavy atom. The Balaban J connectivity index is 2.07. The molecule has 0 aliphatic heterocycles. The normalized spacial score (nSPS) is 10.9. The SMILES string of the molecule is CCOc1nc2ncc(-c3ccc(=O)n(C)c3)cc2s1. The fourth-order valence-corrected chi connectivity index (χ4v) is 2.78. The van der Waals surface area contributed by atoms with Crippen molar-refractivity contribution in [3.8, 4) is 16.3 Å². The molecule has 0 saturated heterocycles. The minimum Gasteiger partial charge on any atom is -0.470 e. The summed E-state index contributed by atoms with van der Waals surface area (Å²) in [4.78, 5) is 20.1. The van der Waals surface area contributed by atoms with Crippen molar-refractivity contribution in [3.63, 3.8) is 0 Å². The number of hydrogen-bond acceptors (Lipinski definition) is 5. The number of aryl methyl sites for hydroxylation is 1. The van der Waals surface area contributed by atoms with E-state index in [1.807, 2.05) is 13.0 Å². The van der Waals surface area contributed by atoms with Crippen LogP contribution in [0.4, 0.5) is 0 Å². The largest absolute Gasteiger partial charge is 0.470 e. The van der Waals surface area contributed by atoms with Gasteiger partial charge in [-0.2, -0.15) is 4.98 Å². The second-order valence-corrected chi connectivity index (χ2v) is 5.32. The summed E-state index contributed by atoms with van der Waals surface area (Å²) in [7, 11) is 1.73. The molecule has 20 heavy (non-hydrogen) atoms. The summed E-state index contributed by atoms with van der Waals surface area (Å²) in [6, 6.07) is 5.37. The number of pyridine rings is 2. The molecule has 0 aromatic carbocycles. The van der Waals surface area contributed by atoms with Crippen LogP contribution in [0.1, 0.15) is 6.92 Å². The van der Waals surface area contributed by atoms with Crippen molar-refractivity contribution in [1.29, 1.82) is 0 Å². The molecule has 0 N–H and O–H groups in total. The number of ether oxygens (including phenoxy) is 1. The standard InChI is InChI=1S/C14H13N3O2S/c1-3-19-14-16-13-11(20-14)6-10(7-15-13)9-4-5-12(18)17(2)8-9/h4-8H,3H2,1-2H3. The summed E-state index contributed by atoms with van der Waals surface area (Å²) in [6.45, 7) is 2.52. The first kappa shape index (κ1) is 12.8. The molecule has 0 unspecified atom stereocenters. The summed E-state index contributed by atoms with van der Waals surface area (Å²) in [5.74, 6) is 0. The van der Waals surface area contributed by atoms with E-state index in [1.54, 1.807) is 36.1 Å². The number of thiazole rings is 1. The highest BCUT2D eigenvalue weighted by atomic mass is 32.1. The average molecular weight is 287 g/mol. The molecule has 0 radical (unpaired) electrons. The van der Waals surface area contributed by atoms with Gasteiger partial charge in [0.25, 0.3) is 5.19 Å². The Labute approximate surface area is 119 Å². The molecule has 0 atom stereocenters. The molecule has 102 valence electrons. The lowest BCUT2D eigenvalue weighted by Gasteiger charge is -2.03. The summed E-state index contributed by atoms with van der Waals surface area (Å²) in [5, 5.41) is 0.632. The molecule has 0 aliphatic rings. The maximum Gasteiger partial charge on any atom is 0.275 e. The van der Waals surface area contributed by atoms with E-state index < -0.39 is 0 Å². The van der Waals surface area contributed by atoms with Crippen molar-refractivity contribution in [1.82, 2.24) is 14.5 Å². The lowest BCUT2D eigenvalue weighted by Crippen LogP contribution is -2.13. The second kappa shape index (κ2) is 5.05. The second-order valence-electron chi connectivity index (χ2n) is 4.33. The van der Waals surface area contributed by atoms with E-state index in [-0.39, 0.29) is 5.56 Å². The van der Waals surface area contributed by atoms with Gasteiger partial charge < -0.3 is 9.30 Å². The van der Waals surface area contributed by atoms with Gasteiger partial charge >= 0.3 is 0 Å². The molecule has 3 heterocycles. The Hall–Kier alpha value is -2.21. The lowest BCUT2D eigenvalue weighted by atomic mass is 10.1. The van der Waals surface area contributed by atoms with E-state index in [1.165, 1.54) is 11.3 Å². The van der Waals surface area contributed by atoms with Crippen molar-refractivity contribution in [2.45, 2.75) is 6.92 Å². The van der Waals surface area contributed by atoms with Crippen molar-refractivity contribution in [3.05, 3.63) is 40.9 Å². The first-order chi connectivity index (χ1) is 9.67. The smallest absolute Gasteiger partial charge is 0.275 e. The molecule has 6 heteroatoms. The Kier molecular flexibility index (Phi) is 3.23. The van der Waals surface area contributed by atoms with Crippen LogP contribution >= 0.6 is 11.3 Å². The Bertz CT molecular complexity index is 823. The first-order valence-corrected chi connectivity index (χ1v) is 7.05. The molecule has 0 amide bonds. The topological polar surface area (TPSA) is 57.0 Å². The fourth-order valence-electron chi connectivity index (χ4n) is 1.91. The van der Waals surface area contributed by atoms with Gasteiger partial charge in [-0.25, -0.2) is 4.98 Å². The van der Waals surface area contributed by atoms with Gasteiger partial charge in [0, 0.05) is 31.1 Å². The molecular weight excluding hydrogens is 274 g/mol. The first-order valence-electron chi connectivity index (χ1n) is 6.24. The van der Waals surface area contributed by atoms with Crippen molar-refractivity contribution in [2.24, 2.45) is 7.05 Å². The average Bonchev–Trinajstić information content (AvgIpc) is 2.83. The molecule has 0 spiro atoms. The Morgan fingerprint density at radius 3 is 2.95 bits per heavy atom. The maximum atomic E-state index is 11.4. The highest BCUT2D eigenvalue weighted by Crippen LogP contribution is 2.29. The fraction of sp³-hybridized carbons (Fsp3) is 0.214. The molecule has 0 fully saturated rings. The predicted octanol–water partition coefficient (Wildman–Crippen LogP) is 2.46. The molecule has 3 rings (SSSR count). The number of fused-ring (bicyclic) bond motifs is 1. The molecule has 0 bridgehead atoms. The van der Waals surface area contributed by atoms with Crippen molar-refractivity contribution in [2.75, 3.05) is 6.61 Å². The monoisotopic (exact) mass is 287 g/mol. The van der Waals surface area contributed by atoms with E-state index in [0.717, 1.165) is 15.8 Å². The van der Waals surface area contributed by atoms with Gasteiger partial charge in [-0.05, 0) is 24.6 Å². The number of nitrogens with zero attached hydrogens (tertiary/aromatic N) is 3. The summed E-state index contributed by atoms with van der Waals surface area (Å²) >= 11 is 1.47. The molecule has 3 aromatic rings. The molecular formula is C14H13N3O2S. The van der Waals surface area contributed by atoms with Gasteiger partial charge in [-0.15, -0.1) is 0 Å². The summed E-state index contributed by atoms with van der Waals surface area (Å²) in [6.07, 6.45) is 3.56. The quantitative estimate of drug-likeness (QED) is 0.742. The van der Waals surface area contributed by atoms with Gasteiger partial charge in [0.05, 0.1) is 11.3 Å². The van der Waals surface area contributed by atoms with E-state index in [0.29, 0.717) is 17.4 Å². The van der Waals surface area contributed by atoms with Gasteiger partial charge in [0.2, 0.25) is 5.56 Å². The van der Waals surface area contributed by atoms with Crippen molar-refractivity contribution >= 4 is 21.7 Å². The van der Waals surface area contributed by atoms with Crippen LogP contribution in [-0.4, -0.2) is 21.1 Å². The number of aromatic nitrogens is 3. The zero-order valence-electron chi connectivity index (χ0n) is 11.2. The van der Waals surface area contributed by atoms with Gasteiger partial charge in [0.15, 0.2) is 5.65 Å². The van der Waals surface area contributed by atoms with Crippen LogP contribution in [0.2, 0.25) is 0 Å². The van der Waals surface area contributed by atoms with Gasteiger partial charge in [-0.1, -0.05) is 11.3 Å². The van der Waals surface area contributed by atoms with E-state index in [4.69, 9.17) is 4.74 Å². The minimum atomic E-state index is -0.0285. The van der Waals surface area contributed by atoms with E-state index >= 15 is 0 Å². The third kappa shape index (κ3) is 2.30. The van der Waals surface area contributed by atoms with Gasteiger partial charge in [-0.3, -0.25) is 4.79 Å². The highest BCUT2D eigenvalue weighted by Gasteiger charge is 2.08. The third-order valence-electron chi connectivity index (χ3n) is 2.91. The van der Waals surface area contributed by atoms with E-state index in [9.17, 15) is 4.79 Å². The van der Waals surface area contributed by atoms with Crippen LogP contribution in [0.5, 0.6) is 5.19 Å². The van der Waals surface area contributed by atoms with Crippen LogP contribution in [0, 0.1) is 0 Å². The molecule has 0 aliphatic carbocycles. The summed E-state index contributed by atoms with van der Waals surface area (Å²) < 4.78 is 7.92. The minimum absolute atomic E-state index is 0.0285. The maximum absolute atomic E-state index is 11.4. The molecule has 3 aromatic heterocycles. The Morgan fingerprint density at radius 2 is 2.20 bits per heavy atom. The molecule has 5 nitrogen and oxygen atoms in total. The van der Waals surface area contributed by atoms with Crippen LogP contribution in [-0.2, 0) is 7.05 Å². The lowest BCUT2D eigenvalue weighted by molar-refractivity contribution is 0.339. The van der Waals surface area contributed by atoms with Crippen LogP contribution < -0.4 is 10.3 Å². The number of rotatable bonds is 3. The highest BCUT2D eigenvalue weighted by molar-refractivity contribution is 7.20. The van der Waals surface area contributed by atoms with Gasteiger partial charge in [0.1, 0.15) is 0 Å². The zero-order chi connectivity index (χ0) is 14.1. The van der Waals surface area contributed by atoms with Crippen LogP contribution in [0.3, 0.4) is 0 Å². The van der Waals surface area contributed by atoms with Crippen LogP contribution in [0.25, 0.3) is 21.5 Å². The van der Waals surface area contributed by atoms with E-state index in [2.05, 4.69) is 9.97 Å². The molecule has 0 saturated carbocycles. The van der Waals surface area contributed by atoms with Crippen molar-refractivity contribution < 1.29 is 4.74 Å². The summed E-state index contributed by atoms with van der Waals surface area (Å²) in [5.41, 5.74) is 2.57. The zero-order valence-corrected chi connectivity index (χ0v) is 12.0. The third-order valence-corrected chi connectivity index (χ3v) is 3.82. The van der Waals surface area contributed by atoms with Crippen LogP contribution in [0.15, 0.2) is 35.4 Å². The number of hydrogen-bond donors (Lipinski definition) is 0. The predicted molar refractivity (Wildman–Crippen MR) is 79.3 cm³/mol.